The fraction of sp³-hybridized carbons (Fsp3) is 0.522. The Labute approximate surface area is 181 Å². The zero-order valence-corrected chi connectivity index (χ0v) is 18.1. The van der Waals surface area contributed by atoms with Gasteiger partial charge < -0.3 is 24.4 Å². The van der Waals surface area contributed by atoms with Crippen molar-refractivity contribution in [2.75, 3.05) is 6.61 Å². The number of nitrogens with one attached hydrogen (secondary N) is 1. The number of carboxylic acids is 1. The summed E-state index contributed by atoms with van der Waals surface area (Å²) in [6.07, 6.45) is 4.19. The number of carboxylic acid groups (broad SMARTS) is 1. The van der Waals surface area contributed by atoms with Gasteiger partial charge in [0.2, 0.25) is 0 Å². The molecule has 1 fully saturated rings. The highest BCUT2D eigenvalue weighted by Crippen LogP contribution is 2.31. The third-order valence-corrected chi connectivity index (χ3v) is 5.52. The van der Waals surface area contributed by atoms with Crippen molar-refractivity contribution in [3.63, 3.8) is 0 Å². The Morgan fingerprint density at radius 1 is 1.26 bits per heavy atom. The highest BCUT2D eigenvalue weighted by atomic mass is 16.5. The smallest absolute Gasteiger partial charge is 0.407 e. The lowest BCUT2D eigenvalue weighted by molar-refractivity contribution is -0.143. The molecule has 2 N–H and O–H groups in total. The Balaban J connectivity index is 1.61. The molecule has 1 aliphatic carbocycles. The van der Waals surface area contributed by atoms with Gasteiger partial charge >= 0.3 is 12.1 Å². The molecule has 1 aliphatic rings. The summed E-state index contributed by atoms with van der Waals surface area (Å²) in [5.41, 5.74) is 2.31. The van der Waals surface area contributed by atoms with Crippen LogP contribution in [0, 0.1) is 12.8 Å². The quantitative estimate of drug-likeness (QED) is 0.555. The molecule has 0 radical (unpaired) electrons. The predicted octanol–water partition coefficient (Wildman–Crippen LogP) is 4.70. The molecule has 168 valence electrons. The largest absolute Gasteiger partial charge is 0.490 e. The van der Waals surface area contributed by atoms with E-state index in [-0.39, 0.29) is 18.6 Å². The third kappa shape index (κ3) is 6.23. The number of carbonyl (C=O) groups excluding carboxylic acids is 1. The summed E-state index contributed by atoms with van der Waals surface area (Å²) in [6.45, 7) is 4.51. The Morgan fingerprint density at radius 3 is 2.74 bits per heavy atom. The molecule has 2 atom stereocenters. The second kappa shape index (κ2) is 10.8. The molecular weight excluding hydrogens is 400 g/mol. The van der Waals surface area contributed by atoms with Gasteiger partial charge in [0.15, 0.2) is 5.76 Å². The highest BCUT2D eigenvalue weighted by molar-refractivity contribution is 5.70. The minimum Gasteiger partial charge on any atom is -0.490 e. The van der Waals surface area contributed by atoms with E-state index in [1.807, 2.05) is 38.1 Å². The van der Waals surface area contributed by atoms with Gasteiger partial charge in [-0.05, 0) is 63.3 Å². The first-order valence-corrected chi connectivity index (χ1v) is 10.8. The van der Waals surface area contributed by atoms with Crippen LogP contribution in [-0.2, 0) is 16.1 Å². The number of ether oxygens (including phenoxy) is 2. The maximum atomic E-state index is 11.8. The molecule has 1 heterocycles. The number of nitrogens with zero attached hydrogens (tertiary/aromatic N) is 1. The molecule has 1 aromatic carbocycles. The van der Waals surface area contributed by atoms with Crippen molar-refractivity contribution in [2.24, 2.45) is 5.92 Å². The zero-order chi connectivity index (χ0) is 22.2. The van der Waals surface area contributed by atoms with Crippen molar-refractivity contribution in [1.29, 1.82) is 0 Å². The standard InChI is InChI=1S/C23H30N2O6/c1-3-4-12-29-23(28)24-14-20-15(2)25-31-21(20)16-8-10-18(11-9-16)30-19-7-5-6-17(13-19)22(26)27/h8-11,17,19H,3-7,12-14H2,1-2H3,(H,24,28)(H,26,27)/t17-,19-/m0/s1. The van der Waals surface area contributed by atoms with Crippen LogP contribution in [0.3, 0.4) is 0 Å². The van der Waals surface area contributed by atoms with Crippen molar-refractivity contribution in [1.82, 2.24) is 10.5 Å². The van der Waals surface area contributed by atoms with Gasteiger partial charge in [-0.3, -0.25) is 4.79 Å². The van der Waals surface area contributed by atoms with E-state index < -0.39 is 12.1 Å². The highest BCUT2D eigenvalue weighted by Gasteiger charge is 2.28. The summed E-state index contributed by atoms with van der Waals surface area (Å²) in [6, 6.07) is 7.42. The van der Waals surface area contributed by atoms with Gasteiger partial charge in [-0.15, -0.1) is 0 Å². The first-order chi connectivity index (χ1) is 15.0. The summed E-state index contributed by atoms with van der Waals surface area (Å²) < 4.78 is 16.6. The summed E-state index contributed by atoms with van der Waals surface area (Å²) in [7, 11) is 0. The fourth-order valence-corrected chi connectivity index (χ4v) is 3.70. The Bertz CT molecular complexity index is 877. The summed E-state index contributed by atoms with van der Waals surface area (Å²) in [4.78, 5) is 23.1. The van der Waals surface area contributed by atoms with Gasteiger partial charge in [0, 0.05) is 11.1 Å². The molecule has 0 bridgehead atoms. The lowest BCUT2D eigenvalue weighted by Gasteiger charge is -2.27. The van der Waals surface area contributed by atoms with Crippen LogP contribution in [0.1, 0.15) is 56.7 Å². The molecule has 1 saturated carbocycles. The molecule has 0 aliphatic heterocycles. The number of unbranched alkanes of at least 4 members (excludes halogenated alkanes) is 1. The Hall–Kier alpha value is -3.03. The molecule has 8 heteroatoms. The van der Waals surface area contributed by atoms with Crippen LogP contribution in [0.4, 0.5) is 4.79 Å². The molecule has 2 aromatic rings. The topological polar surface area (TPSA) is 111 Å². The minimum atomic E-state index is -0.750. The van der Waals surface area contributed by atoms with Gasteiger partial charge in [0.1, 0.15) is 5.75 Å². The predicted molar refractivity (Wildman–Crippen MR) is 114 cm³/mol. The minimum absolute atomic E-state index is 0.0910. The van der Waals surface area contributed by atoms with Crippen LogP contribution < -0.4 is 10.1 Å². The van der Waals surface area contributed by atoms with Gasteiger partial charge in [-0.25, -0.2) is 4.79 Å². The van der Waals surface area contributed by atoms with Crippen LogP contribution in [-0.4, -0.2) is 35.0 Å². The van der Waals surface area contributed by atoms with Crippen LogP contribution in [0.15, 0.2) is 28.8 Å². The number of aryl methyl sites for hydroxylation is 1. The number of amides is 1. The van der Waals surface area contributed by atoms with E-state index in [2.05, 4.69) is 10.5 Å². The van der Waals surface area contributed by atoms with E-state index in [0.29, 0.717) is 36.7 Å². The fourth-order valence-electron chi connectivity index (χ4n) is 3.70. The number of carbonyl (C=O) groups is 2. The van der Waals surface area contributed by atoms with E-state index in [1.165, 1.54) is 0 Å². The van der Waals surface area contributed by atoms with E-state index in [4.69, 9.17) is 14.0 Å². The SMILES string of the molecule is CCCCOC(=O)NCc1c(C)noc1-c1ccc(O[C@H]2CCC[C@H](C(=O)O)C2)cc1. The molecule has 1 aromatic heterocycles. The van der Waals surface area contributed by atoms with Gasteiger partial charge in [-0.2, -0.15) is 0 Å². The second-order valence-corrected chi connectivity index (χ2v) is 7.88. The molecular formula is C23H30N2O6. The summed E-state index contributed by atoms with van der Waals surface area (Å²) in [5.74, 6) is 0.190. The van der Waals surface area contributed by atoms with E-state index in [1.54, 1.807) is 0 Å². The molecule has 31 heavy (non-hydrogen) atoms. The van der Waals surface area contributed by atoms with Crippen LogP contribution in [0.2, 0.25) is 0 Å². The molecule has 0 unspecified atom stereocenters. The number of hydrogen-bond acceptors (Lipinski definition) is 6. The number of hydrogen-bond donors (Lipinski definition) is 2. The lowest BCUT2D eigenvalue weighted by atomic mass is 9.87. The molecule has 3 rings (SSSR count). The van der Waals surface area contributed by atoms with E-state index in [0.717, 1.165) is 36.8 Å². The first kappa shape index (κ1) is 22.7. The Morgan fingerprint density at radius 2 is 2.03 bits per heavy atom. The normalized spacial score (nSPS) is 18.4. The third-order valence-electron chi connectivity index (χ3n) is 5.52. The van der Waals surface area contributed by atoms with Gasteiger partial charge in [0.25, 0.3) is 0 Å². The first-order valence-electron chi connectivity index (χ1n) is 10.8. The average Bonchev–Trinajstić information content (AvgIpc) is 3.13. The summed E-state index contributed by atoms with van der Waals surface area (Å²) in [5, 5.41) is 16.0. The average molecular weight is 431 g/mol. The van der Waals surface area contributed by atoms with Crippen LogP contribution in [0.25, 0.3) is 11.3 Å². The molecule has 1 amide bonds. The van der Waals surface area contributed by atoms with Gasteiger partial charge in [0.05, 0.1) is 30.9 Å². The number of rotatable bonds is 9. The van der Waals surface area contributed by atoms with Crippen molar-refractivity contribution in [3.8, 4) is 17.1 Å². The number of alkyl carbamates (subject to hydrolysis) is 1. The van der Waals surface area contributed by atoms with Gasteiger partial charge in [-0.1, -0.05) is 18.5 Å². The van der Waals surface area contributed by atoms with Crippen molar-refractivity contribution >= 4 is 12.1 Å². The summed E-state index contributed by atoms with van der Waals surface area (Å²) >= 11 is 0. The number of aromatic nitrogens is 1. The number of benzene rings is 1. The zero-order valence-electron chi connectivity index (χ0n) is 18.1. The maximum Gasteiger partial charge on any atom is 0.407 e. The lowest BCUT2D eigenvalue weighted by Crippen LogP contribution is -2.29. The molecule has 0 spiro atoms. The van der Waals surface area contributed by atoms with Crippen molar-refractivity contribution in [3.05, 3.63) is 35.5 Å². The van der Waals surface area contributed by atoms with Crippen LogP contribution >= 0.6 is 0 Å². The second-order valence-electron chi connectivity index (χ2n) is 7.88. The monoisotopic (exact) mass is 430 g/mol. The molecule has 0 saturated heterocycles. The van der Waals surface area contributed by atoms with Crippen molar-refractivity contribution < 1.29 is 28.7 Å². The van der Waals surface area contributed by atoms with Crippen LogP contribution in [0.5, 0.6) is 5.75 Å². The number of aliphatic carboxylic acids is 1. The van der Waals surface area contributed by atoms with Crippen molar-refractivity contribution in [2.45, 2.75) is 65.0 Å². The maximum absolute atomic E-state index is 11.8. The van der Waals surface area contributed by atoms with E-state index >= 15 is 0 Å². The van der Waals surface area contributed by atoms with E-state index in [9.17, 15) is 14.7 Å². The Kier molecular flexibility index (Phi) is 7.92. The molecule has 8 nitrogen and oxygen atoms in total.